The van der Waals surface area contributed by atoms with Crippen molar-refractivity contribution in [1.29, 1.82) is 0 Å². The van der Waals surface area contributed by atoms with Gasteiger partial charge in [0.15, 0.2) is 0 Å². The molecule has 2 rings (SSSR count). The smallest absolute Gasteiger partial charge is 0.331 e. The van der Waals surface area contributed by atoms with Crippen molar-refractivity contribution in [3.05, 3.63) is 18.5 Å². The first-order chi connectivity index (χ1) is 10.2. The van der Waals surface area contributed by atoms with Gasteiger partial charge in [-0.1, -0.05) is 19.3 Å². The molecular formula is C15H23N3O3. The largest absolute Gasteiger partial charge is 0.464 e. The zero-order valence-corrected chi connectivity index (χ0v) is 12.5. The minimum Gasteiger partial charge on any atom is -0.464 e. The van der Waals surface area contributed by atoms with Crippen LogP contribution in [0.25, 0.3) is 0 Å². The van der Waals surface area contributed by atoms with Crippen molar-refractivity contribution in [3.8, 4) is 0 Å². The third-order valence-electron chi connectivity index (χ3n) is 3.88. The number of rotatable bonds is 6. The summed E-state index contributed by atoms with van der Waals surface area (Å²) in [6.45, 7) is 2.63. The Balaban J connectivity index is 1.94. The molecule has 0 aliphatic heterocycles. The molecule has 0 spiro atoms. The molecule has 1 aliphatic carbocycles. The van der Waals surface area contributed by atoms with Gasteiger partial charge in [-0.2, -0.15) is 5.10 Å². The van der Waals surface area contributed by atoms with Crippen molar-refractivity contribution in [2.75, 3.05) is 6.61 Å². The Labute approximate surface area is 124 Å². The Morgan fingerprint density at radius 2 is 2.10 bits per heavy atom. The third kappa shape index (κ3) is 4.06. The van der Waals surface area contributed by atoms with E-state index in [1.54, 1.807) is 17.8 Å². The van der Waals surface area contributed by atoms with Crippen LogP contribution in [-0.2, 0) is 20.9 Å². The molecule has 0 saturated heterocycles. The number of aromatic nitrogens is 2. The Hall–Kier alpha value is -1.85. The molecule has 1 aromatic heterocycles. The number of esters is 1. The lowest BCUT2D eigenvalue weighted by molar-refractivity contribution is -0.155. The van der Waals surface area contributed by atoms with E-state index in [9.17, 15) is 9.59 Å². The van der Waals surface area contributed by atoms with Gasteiger partial charge in [-0.05, 0) is 25.8 Å². The molecule has 0 radical (unpaired) electrons. The van der Waals surface area contributed by atoms with E-state index in [2.05, 4.69) is 10.4 Å². The summed E-state index contributed by atoms with van der Waals surface area (Å²) in [6.07, 6.45) is 8.12. The number of aryl methyl sites for hydroxylation is 1. The Morgan fingerprint density at radius 3 is 2.71 bits per heavy atom. The van der Waals surface area contributed by atoms with Gasteiger partial charge in [-0.25, -0.2) is 4.79 Å². The Morgan fingerprint density at radius 1 is 1.33 bits per heavy atom. The minimum atomic E-state index is -0.824. The maximum absolute atomic E-state index is 12.2. The molecular weight excluding hydrogens is 270 g/mol. The van der Waals surface area contributed by atoms with E-state index < -0.39 is 5.54 Å². The summed E-state index contributed by atoms with van der Waals surface area (Å²) in [5, 5.41) is 6.99. The predicted octanol–water partition coefficient (Wildman–Crippen LogP) is 1.66. The fourth-order valence-electron chi connectivity index (χ4n) is 2.78. The van der Waals surface area contributed by atoms with Gasteiger partial charge in [0.05, 0.1) is 6.61 Å². The average molecular weight is 293 g/mol. The molecule has 0 bridgehead atoms. The van der Waals surface area contributed by atoms with Gasteiger partial charge in [0.1, 0.15) is 5.54 Å². The summed E-state index contributed by atoms with van der Waals surface area (Å²) in [5.41, 5.74) is -0.824. The number of hydrogen-bond acceptors (Lipinski definition) is 4. The lowest BCUT2D eigenvalue weighted by atomic mass is 9.81. The van der Waals surface area contributed by atoms with Crippen LogP contribution in [0.15, 0.2) is 18.5 Å². The average Bonchev–Trinajstić information content (AvgIpc) is 3.00. The number of carbonyl (C=O) groups is 2. The number of amides is 1. The molecule has 1 heterocycles. The van der Waals surface area contributed by atoms with E-state index in [4.69, 9.17) is 4.74 Å². The monoisotopic (exact) mass is 293 g/mol. The second-order valence-corrected chi connectivity index (χ2v) is 5.43. The van der Waals surface area contributed by atoms with E-state index in [0.717, 1.165) is 19.3 Å². The summed E-state index contributed by atoms with van der Waals surface area (Å²) < 4.78 is 6.87. The number of hydrogen-bond donors (Lipinski definition) is 1. The highest BCUT2D eigenvalue weighted by atomic mass is 16.5. The molecule has 6 heteroatoms. The van der Waals surface area contributed by atoms with Gasteiger partial charge >= 0.3 is 5.97 Å². The van der Waals surface area contributed by atoms with Crippen molar-refractivity contribution in [2.24, 2.45) is 0 Å². The lowest BCUT2D eigenvalue weighted by Crippen LogP contribution is -2.56. The maximum atomic E-state index is 12.2. The van der Waals surface area contributed by atoms with Crippen LogP contribution in [0.4, 0.5) is 0 Å². The van der Waals surface area contributed by atoms with E-state index in [0.29, 0.717) is 32.4 Å². The van der Waals surface area contributed by atoms with Gasteiger partial charge < -0.3 is 10.1 Å². The molecule has 1 N–H and O–H groups in total. The Bertz CT molecular complexity index is 465. The molecule has 1 aliphatic rings. The van der Waals surface area contributed by atoms with Crippen LogP contribution in [0, 0.1) is 0 Å². The van der Waals surface area contributed by atoms with Crippen LogP contribution < -0.4 is 5.32 Å². The fraction of sp³-hybridized carbons (Fsp3) is 0.667. The van der Waals surface area contributed by atoms with E-state index in [-0.39, 0.29) is 11.9 Å². The number of nitrogens with one attached hydrogen (secondary N) is 1. The maximum Gasteiger partial charge on any atom is 0.331 e. The summed E-state index contributed by atoms with van der Waals surface area (Å²) >= 11 is 0. The van der Waals surface area contributed by atoms with Crippen molar-refractivity contribution >= 4 is 11.9 Å². The highest BCUT2D eigenvalue weighted by Gasteiger charge is 2.42. The second kappa shape index (κ2) is 7.24. The molecule has 21 heavy (non-hydrogen) atoms. The zero-order chi connectivity index (χ0) is 15.1. The van der Waals surface area contributed by atoms with Crippen LogP contribution in [0.2, 0.25) is 0 Å². The molecule has 1 saturated carbocycles. The third-order valence-corrected chi connectivity index (χ3v) is 3.88. The lowest BCUT2D eigenvalue weighted by Gasteiger charge is -2.35. The topological polar surface area (TPSA) is 73.2 Å². The molecule has 0 atom stereocenters. The molecule has 0 aromatic carbocycles. The van der Waals surface area contributed by atoms with Crippen LogP contribution in [-0.4, -0.2) is 33.8 Å². The van der Waals surface area contributed by atoms with E-state index in [1.807, 2.05) is 12.3 Å². The first-order valence-electron chi connectivity index (χ1n) is 7.62. The molecule has 1 aromatic rings. The van der Waals surface area contributed by atoms with Crippen molar-refractivity contribution in [1.82, 2.24) is 15.1 Å². The van der Waals surface area contributed by atoms with Crippen LogP contribution in [0.3, 0.4) is 0 Å². The number of nitrogens with zero attached hydrogens (tertiary/aromatic N) is 2. The van der Waals surface area contributed by atoms with Crippen LogP contribution in [0.5, 0.6) is 0 Å². The highest BCUT2D eigenvalue weighted by Crippen LogP contribution is 2.29. The van der Waals surface area contributed by atoms with Gasteiger partial charge in [-0.15, -0.1) is 0 Å². The fourth-order valence-corrected chi connectivity index (χ4v) is 2.78. The van der Waals surface area contributed by atoms with Crippen molar-refractivity contribution in [3.63, 3.8) is 0 Å². The molecule has 6 nitrogen and oxygen atoms in total. The van der Waals surface area contributed by atoms with Gasteiger partial charge in [0.2, 0.25) is 5.91 Å². The summed E-state index contributed by atoms with van der Waals surface area (Å²) in [7, 11) is 0. The van der Waals surface area contributed by atoms with Gasteiger partial charge in [-0.3, -0.25) is 9.48 Å². The zero-order valence-electron chi connectivity index (χ0n) is 12.5. The van der Waals surface area contributed by atoms with Crippen LogP contribution >= 0.6 is 0 Å². The number of ether oxygens (including phenoxy) is 1. The van der Waals surface area contributed by atoms with Gasteiger partial charge in [0, 0.05) is 25.4 Å². The van der Waals surface area contributed by atoms with Crippen molar-refractivity contribution in [2.45, 2.75) is 57.5 Å². The first kappa shape index (κ1) is 15.5. The SMILES string of the molecule is CCOC(=O)C1(NC(=O)CCn2cccn2)CCCCC1. The quantitative estimate of drug-likeness (QED) is 0.809. The second-order valence-electron chi connectivity index (χ2n) is 5.43. The molecule has 1 fully saturated rings. The van der Waals surface area contributed by atoms with E-state index in [1.165, 1.54) is 0 Å². The van der Waals surface area contributed by atoms with Crippen LogP contribution in [0.1, 0.15) is 45.4 Å². The number of carbonyl (C=O) groups excluding carboxylic acids is 2. The minimum absolute atomic E-state index is 0.125. The Kier molecular flexibility index (Phi) is 5.36. The summed E-state index contributed by atoms with van der Waals surface area (Å²) in [6, 6.07) is 1.82. The normalized spacial score (nSPS) is 17.2. The molecule has 1 amide bonds. The molecule has 0 unspecified atom stereocenters. The first-order valence-corrected chi connectivity index (χ1v) is 7.62. The predicted molar refractivity (Wildman–Crippen MR) is 77.4 cm³/mol. The molecule has 116 valence electrons. The highest BCUT2D eigenvalue weighted by molar-refractivity contribution is 5.88. The van der Waals surface area contributed by atoms with Gasteiger partial charge in [0.25, 0.3) is 0 Å². The summed E-state index contributed by atoms with van der Waals surface area (Å²) in [4.78, 5) is 24.4. The standard InChI is InChI=1S/C15H23N3O3/c1-2-21-14(20)15(8-4-3-5-9-15)17-13(19)7-12-18-11-6-10-16-18/h6,10-11H,2-5,7-9,12H2,1H3,(H,17,19). The van der Waals surface area contributed by atoms with E-state index >= 15 is 0 Å². The summed E-state index contributed by atoms with van der Waals surface area (Å²) in [5.74, 6) is -0.419. The van der Waals surface area contributed by atoms with Crippen molar-refractivity contribution < 1.29 is 14.3 Å².